The smallest absolute Gasteiger partial charge is 0.267 e. The normalized spacial score (nSPS) is 22.9. The maximum Gasteiger partial charge on any atom is 0.267 e. The molecule has 106 valence electrons. The molecule has 1 saturated carbocycles. The van der Waals surface area contributed by atoms with Crippen LogP contribution in [0, 0.1) is 5.92 Å². The number of nitrogens with one attached hydrogen (secondary N) is 2. The molecule has 2 unspecified atom stereocenters. The monoisotopic (exact) mass is 272 g/mol. The Balaban J connectivity index is 1.75. The summed E-state index contributed by atoms with van der Waals surface area (Å²) in [5, 5.41) is 13.5. The molecule has 0 radical (unpaired) electrons. The van der Waals surface area contributed by atoms with Gasteiger partial charge >= 0.3 is 0 Å². The highest BCUT2D eigenvalue weighted by Gasteiger charge is 2.26. The summed E-state index contributed by atoms with van der Waals surface area (Å²) in [6.07, 6.45) is 4.21. The van der Waals surface area contributed by atoms with Crippen LogP contribution in [0.5, 0.6) is 0 Å². The van der Waals surface area contributed by atoms with Gasteiger partial charge in [-0.1, -0.05) is 31.0 Å². The summed E-state index contributed by atoms with van der Waals surface area (Å²) >= 11 is 0. The number of carbonyl (C=O) groups is 1. The van der Waals surface area contributed by atoms with Gasteiger partial charge in [-0.15, -0.1) is 0 Å². The van der Waals surface area contributed by atoms with E-state index in [2.05, 4.69) is 10.3 Å². The highest BCUT2D eigenvalue weighted by molar-refractivity contribution is 5.98. The van der Waals surface area contributed by atoms with Gasteiger partial charge in [0.2, 0.25) is 0 Å². The average molecular weight is 272 g/mol. The molecule has 1 amide bonds. The van der Waals surface area contributed by atoms with Gasteiger partial charge in [0.25, 0.3) is 5.91 Å². The van der Waals surface area contributed by atoms with Gasteiger partial charge in [-0.25, -0.2) is 0 Å². The Hall–Kier alpha value is -1.81. The third-order valence-electron chi connectivity index (χ3n) is 4.23. The van der Waals surface area contributed by atoms with Crippen LogP contribution in [0.1, 0.15) is 36.2 Å². The number of hydrogen-bond donors (Lipinski definition) is 3. The lowest BCUT2D eigenvalue weighted by Crippen LogP contribution is -2.43. The molecule has 1 aliphatic rings. The molecule has 0 saturated heterocycles. The fraction of sp³-hybridized carbons (Fsp3) is 0.438. The summed E-state index contributed by atoms with van der Waals surface area (Å²) in [5.74, 6) is 0.114. The quantitative estimate of drug-likeness (QED) is 0.803. The SMILES string of the molecule is O=C(NC1CCCCC1CO)c1cc2ccccc2[nH]1. The lowest BCUT2D eigenvalue weighted by Gasteiger charge is -2.30. The molecule has 4 heteroatoms. The van der Waals surface area contributed by atoms with Gasteiger partial charge < -0.3 is 15.4 Å². The number of fused-ring (bicyclic) bond motifs is 1. The van der Waals surface area contributed by atoms with Crippen molar-refractivity contribution in [1.29, 1.82) is 0 Å². The lowest BCUT2D eigenvalue weighted by atomic mass is 9.85. The van der Waals surface area contributed by atoms with Gasteiger partial charge in [0.1, 0.15) is 5.69 Å². The molecule has 0 bridgehead atoms. The predicted octanol–water partition coefficient (Wildman–Crippen LogP) is 2.45. The number of aromatic amines is 1. The van der Waals surface area contributed by atoms with Crippen molar-refractivity contribution in [2.24, 2.45) is 5.92 Å². The van der Waals surface area contributed by atoms with Crippen LogP contribution < -0.4 is 5.32 Å². The van der Waals surface area contributed by atoms with E-state index in [0.717, 1.165) is 36.6 Å². The molecule has 2 atom stereocenters. The number of aliphatic hydroxyl groups excluding tert-OH is 1. The van der Waals surface area contributed by atoms with Crippen molar-refractivity contribution in [3.05, 3.63) is 36.0 Å². The van der Waals surface area contributed by atoms with Crippen molar-refractivity contribution in [2.75, 3.05) is 6.61 Å². The van der Waals surface area contributed by atoms with Crippen molar-refractivity contribution in [1.82, 2.24) is 10.3 Å². The third-order valence-corrected chi connectivity index (χ3v) is 4.23. The first-order valence-corrected chi connectivity index (χ1v) is 7.27. The molecule has 4 nitrogen and oxygen atoms in total. The van der Waals surface area contributed by atoms with Crippen molar-refractivity contribution in [3.8, 4) is 0 Å². The van der Waals surface area contributed by atoms with E-state index >= 15 is 0 Å². The zero-order valence-electron chi connectivity index (χ0n) is 11.4. The van der Waals surface area contributed by atoms with E-state index in [0.29, 0.717) is 5.69 Å². The topological polar surface area (TPSA) is 65.1 Å². The molecule has 3 N–H and O–H groups in total. The van der Waals surface area contributed by atoms with Crippen molar-refractivity contribution < 1.29 is 9.90 Å². The lowest BCUT2D eigenvalue weighted by molar-refractivity contribution is 0.0868. The van der Waals surface area contributed by atoms with Gasteiger partial charge in [-0.05, 0) is 25.0 Å². The number of para-hydroxylation sites is 1. The average Bonchev–Trinajstić information content (AvgIpc) is 2.92. The minimum Gasteiger partial charge on any atom is -0.396 e. The van der Waals surface area contributed by atoms with E-state index in [1.807, 2.05) is 30.3 Å². The van der Waals surface area contributed by atoms with Crippen LogP contribution in [-0.4, -0.2) is 28.6 Å². The number of H-pyrrole nitrogens is 1. The van der Waals surface area contributed by atoms with Gasteiger partial charge in [-0.3, -0.25) is 4.79 Å². The highest BCUT2D eigenvalue weighted by Crippen LogP contribution is 2.24. The zero-order chi connectivity index (χ0) is 13.9. The second-order valence-corrected chi connectivity index (χ2v) is 5.58. The molecule has 1 aromatic heterocycles. The first-order valence-electron chi connectivity index (χ1n) is 7.27. The molecule has 0 spiro atoms. The van der Waals surface area contributed by atoms with Crippen LogP contribution in [0.25, 0.3) is 10.9 Å². The summed E-state index contributed by atoms with van der Waals surface area (Å²) < 4.78 is 0. The Bertz CT molecular complexity index is 572. The van der Waals surface area contributed by atoms with Gasteiger partial charge in [0.15, 0.2) is 0 Å². The number of benzene rings is 1. The molecule has 20 heavy (non-hydrogen) atoms. The number of aliphatic hydroxyl groups is 1. The molecule has 1 fully saturated rings. The Morgan fingerprint density at radius 3 is 2.90 bits per heavy atom. The van der Waals surface area contributed by atoms with Crippen molar-refractivity contribution >= 4 is 16.8 Å². The van der Waals surface area contributed by atoms with Crippen LogP contribution >= 0.6 is 0 Å². The molecule has 1 aromatic carbocycles. The van der Waals surface area contributed by atoms with Gasteiger partial charge in [0.05, 0.1) is 0 Å². The van der Waals surface area contributed by atoms with E-state index in [1.165, 1.54) is 0 Å². The van der Waals surface area contributed by atoms with E-state index < -0.39 is 0 Å². The molecule has 1 aliphatic carbocycles. The van der Waals surface area contributed by atoms with Crippen LogP contribution in [0.3, 0.4) is 0 Å². The van der Waals surface area contributed by atoms with Gasteiger partial charge in [-0.2, -0.15) is 0 Å². The summed E-state index contributed by atoms with van der Waals surface area (Å²) in [6, 6.07) is 9.82. The number of amides is 1. The molecular weight excluding hydrogens is 252 g/mol. The second kappa shape index (κ2) is 5.67. The third kappa shape index (κ3) is 2.56. The molecular formula is C16H20N2O2. The van der Waals surface area contributed by atoms with E-state index in [4.69, 9.17) is 0 Å². The maximum atomic E-state index is 12.3. The van der Waals surface area contributed by atoms with Crippen molar-refractivity contribution in [3.63, 3.8) is 0 Å². The fourth-order valence-corrected chi connectivity index (χ4v) is 3.06. The first kappa shape index (κ1) is 13.2. The number of hydrogen-bond acceptors (Lipinski definition) is 2. The number of carbonyl (C=O) groups excluding carboxylic acids is 1. The standard InChI is InChI=1S/C16H20N2O2/c19-10-12-6-2-4-8-14(12)18-16(20)15-9-11-5-1-3-7-13(11)17-15/h1,3,5,7,9,12,14,17,19H,2,4,6,8,10H2,(H,18,20). The maximum absolute atomic E-state index is 12.3. The van der Waals surface area contributed by atoms with E-state index in [9.17, 15) is 9.90 Å². The largest absolute Gasteiger partial charge is 0.396 e. The summed E-state index contributed by atoms with van der Waals surface area (Å²) in [6.45, 7) is 0.150. The number of aromatic nitrogens is 1. The van der Waals surface area contributed by atoms with E-state index in [1.54, 1.807) is 0 Å². The molecule has 1 heterocycles. The summed E-state index contributed by atoms with van der Waals surface area (Å²) in [5.41, 5.74) is 1.56. The molecule has 2 aromatic rings. The summed E-state index contributed by atoms with van der Waals surface area (Å²) in [7, 11) is 0. The van der Waals surface area contributed by atoms with Crippen LogP contribution in [-0.2, 0) is 0 Å². The minimum absolute atomic E-state index is 0.0773. The highest BCUT2D eigenvalue weighted by atomic mass is 16.3. The Labute approximate surface area is 118 Å². The van der Waals surface area contributed by atoms with Crippen LogP contribution in [0.15, 0.2) is 30.3 Å². The Morgan fingerprint density at radius 2 is 2.10 bits per heavy atom. The second-order valence-electron chi connectivity index (χ2n) is 5.58. The van der Waals surface area contributed by atoms with Crippen LogP contribution in [0.4, 0.5) is 0 Å². The molecule has 0 aliphatic heterocycles. The predicted molar refractivity (Wildman–Crippen MR) is 78.6 cm³/mol. The van der Waals surface area contributed by atoms with Crippen molar-refractivity contribution in [2.45, 2.75) is 31.7 Å². The minimum atomic E-state index is -0.0773. The Morgan fingerprint density at radius 1 is 1.30 bits per heavy atom. The van der Waals surface area contributed by atoms with Crippen LogP contribution in [0.2, 0.25) is 0 Å². The van der Waals surface area contributed by atoms with E-state index in [-0.39, 0.29) is 24.5 Å². The number of rotatable bonds is 3. The Kier molecular flexibility index (Phi) is 3.74. The summed E-state index contributed by atoms with van der Waals surface area (Å²) in [4.78, 5) is 15.5. The zero-order valence-corrected chi connectivity index (χ0v) is 11.4. The fourth-order valence-electron chi connectivity index (χ4n) is 3.06. The molecule has 3 rings (SSSR count). The van der Waals surface area contributed by atoms with Gasteiger partial charge in [0, 0.05) is 29.5 Å². The first-order chi connectivity index (χ1) is 9.78.